The highest BCUT2D eigenvalue weighted by Crippen LogP contribution is 2.40. The van der Waals surface area contributed by atoms with Crippen LogP contribution in [0.5, 0.6) is 0 Å². The molecule has 0 aliphatic heterocycles. The minimum atomic E-state index is -0.269. The smallest absolute Gasteiger partial charge is 0.0943 e. The lowest BCUT2D eigenvalue weighted by Gasteiger charge is -2.22. The van der Waals surface area contributed by atoms with Crippen LogP contribution in [-0.4, -0.2) is 9.67 Å². The van der Waals surface area contributed by atoms with Crippen LogP contribution < -0.4 is 0 Å². The standard InChI is InChI=1S/C20H27NO/c1-2-21-18-12-11-15(14-7-4-3-5-8-14)13-17(18)16-9-6-10-19(22)20(16)21/h11-14,19,22H,2-10H2,1H3. The van der Waals surface area contributed by atoms with Gasteiger partial charge < -0.3 is 9.67 Å². The summed E-state index contributed by atoms with van der Waals surface area (Å²) in [5, 5.41) is 11.9. The third-order valence-corrected chi connectivity index (χ3v) is 5.85. The molecular formula is C20H27NO. The first-order valence-electron chi connectivity index (χ1n) is 9.12. The predicted molar refractivity (Wildman–Crippen MR) is 91.3 cm³/mol. The molecule has 22 heavy (non-hydrogen) atoms. The second-order valence-electron chi connectivity index (χ2n) is 7.13. The number of benzene rings is 1. The van der Waals surface area contributed by atoms with Gasteiger partial charge in [-0.15, -0.1) is 0 Å². The molecule has 1 aromatic carbocycles. The van der Waals surface area contributed by atoms with E-state index >= 15 is 0 Å². The Morgan fingerprint density at radius 3 is 2.68 bits per heavy atom. The van der Waals surface area contributed by atoms with Gasteiger partial charge in [-0.2, -0.15) is 0 Å². The van der Waals surface area contributed by atoms with Gasteiger partial charge in [-0.05, 0) is 68.2 Å². The van der Waals surface area contributed by atoms with Crippen LogP contribution in [0.3, 0.4) is 0 Å². The fourth-order valence-electron chi connectivity index (χ4n) is 4.74. The van der Waals surface area contributed by atoms with Gasteiger partial charge in [0.25, 0.3) is 0 Å². The SMILES string of the molecule is CCn1c2c(c3cc(C4CCCCC4)ccc31)CCCC2O. The highest BCUT2D eigenvalue weighted by atomic mass is 16.3. The topological polar surface area (TPSA) is 25.2 Å². The molecule has 1 aromatic heterocycles. The Bertz CT molecular complexity index is 679. The fourth-order valence-corrected chi connectivity index (χ4v) is 4.74. The zero-order valence-electron chi connectivity index (χ0n) is 13.6. The molecular weight excluding hydrogens is 270 g/mol. The number of hydrogen-bond donors (Lipinski definition) is 1. The molecule has 1 heterocycles. The maximum Gasteiger partial charge on any atom is 0.0943 e. The van der Waals surface area contributed by atoms with E-state index in [4.69, 9.17) is 0 Å². The molecule has 2 aliphatic carbocycles. The molecule has 2 aliphatic rings. The van der Waals surface area contributed by atoms with Crippen LogP contribution in [0, 0.1) is 0 Å². The first-order chi connectivity index (χ1) is 10.8. The lowest BCUT2D eigenvalue weighted by molar-refractivity contribution is 0.148. The van der Waals surface area contributed by atoms with Gasteiger partial charge >= 0.3 is 0 Å². The molecule has 0 bridgehead atoms. The van der Waals surface area contributed by atoms with Crippen molar-refractivity contribution in [2.24, 2.45) is 0 Å². The molecule has 0 amide bonds. The van der Waals surface area contributed by atoms with Crippen LogP contribution >= 0.6 is 0 Å². The Hall–Kier alpha value is -1.28. The van der Waals surface area contributed by atoms with Gasteiger partial charge in [0.05, 0.1) is 11.8 Å². The van der Waals surface area contributed by atoms with Gasteiger partial charge in [-0.1, -0.05) is 25.3 Å². The summed E-state index contributed by atoms with van der Waals surface area (Å²) in [4.78, 5) is 0. The summed E-state index contributed by atoms with van der Waals surface area (Å²) in [6.45, 7) is 3.14. The molecule has 1 N–H and O–H groups in total. The number of aliphatic hydroxyl groups excluding tert-OH is 1. The van der Waals surface area contributed by atoms with Crippen LogP contribution in [0.4, 0.5) is 0 Å². The maximum atomic E-state index is 10.5. The predicted octanol–water partition coefficient (Wildman–Crippen LogP) is 5.08. The Kier molecular flexibility index (Phi) is 3.73. The van der Waals surface area contributed by atoms with Crippen LogP contribution in [0.1, 0.15) is 80.7 Å². The molecule has 1 saturated carbocycles. The molecule has 0 saturated heterocycles. The van der Waals surface area contributed by atoms with E-state index in [1.807, 2.05) is 0 Å². The van der Waals surface area contributed by atoms with Crippen molar-refractivity contribution in [3.05, 3.63) is 35.0 Å². The summed E-state index contributed by atoms with van der Waals surface area (Å²) in [6, 6.07) is 7.12. The Labute approximate surface area is 133 Å². The average Bonchev–Trinajstić information content (AvgIpc) is 2.90. The first kappa shape index (κ1) is 14.3. The molecule has 0 radical (unpaired) electrons. The van der Waals surface area contributed by atoms with Crippen LogP contribution in [-0.2, 0) is 13.0 Å². The van der Waals surface area contributed by atoms with Crippen molar-refractivity contribution in [3.8, 4) is 0 Å². The van der Waals surface area contributed by atoms with E-state index < -0.39 is 0 Å². The molecule has 1 atom stereocenters. The molecule has 2 heteroatoms. The van der Waals surface area contributed by atoms with Crippen LogP contribution in [0.25, 0.3) is 10.9 Å². The third kappa shape index (κ3) is 2.20. The second kappa shape index (κ2) is 5.73. The van der Waals surface area contributed by atoms with E-state index in [-0.39, 0.29) is 6.10 Å². The number of fused-ring (bicyclic) bond motifs is 3. The summed E-state index contributed by atoms with van der Waals surface area (Å²) in [6.07, 6.45) is 9.77. The van der Waals surface area contributed by atoms with E-state index in [0.29, 0.717) is 0 Å². The highest BCUT2D eigenvalue weighted by Gasteiger charge is 2.26. The average molecular weight is 297 g/mol. The summed E-state index contributed by atoms with van der Waals surface area (Å²) >= 11 is 0. The lowest BCUT2D eigenvalue weighted by atomic mass is 9.83. The maximum absolute atomic E-state index is 10.5. The third-order valence-electron chi connectivity index (χ3n) is 5.85. The first-order valence-corrected chi connectivity index (χ1v) is 9.12. The summed E-state index contributed by atoms with van der Waals surface area (Å²) in [5.41, 5.74) is 5.48. The van der Waals surface area contributed by atoms with Crippen LogP contribution in [0.15, 0.2) is 18.2 Å². The van der Waals surface area contributed by atoms with E-state index in [2.05, 4.69) is 29.7 Å². The van der Waals surface area contributed by atoms with Crippen molar-refractivity contribution in [1.29, 1.82) is 0 Å². The van der Waals surface area contributed by atoms with Gasteiger partial charge in [0.15, 0.2) is 0 Å². The quantitative estimate of drug-likeness (QED) is 0.821. The Morgan fingerprint density at radius 2 is 1.91 bits per heavy atom. The summed E-state index contributed by atoms with van der Waals surface area (Å²) in [7, 11) is 0. The zero-order chi connectivity index (χ0) is 15.1. The summed E-state index contributed by atoms with van der Waals surface area (Å²) in [5.74, 6) is 0.757. The van der Waals surface area contributed by atoms with Crippen molar-refractivity contribution in [2.45, 2.75) is 76.9 Å². The Balaban J connectivity index is 1.85. The van der Waals surface area contributed by atoms with E-state index in [0.717, 1.165) is 31.7 Å². The zero-order valence-corrected chi connectivity index (χ0v) is 13.6. The van der Waals surface area contributed by atoms with E-state index in [1.165, 1.54) is 59.8 Å². The minimum absolute atomic E-state index is 0.269. The molecule has 0 spiro atoms. The van der Waals surface area contributed by atoms with Gasteiger partial charge in [0.1, 0.15) is 0 Å². The van der Waals surface area contributed by atoms with Gasteiger partial charge in [-0.3, -0.25) is 0 Å². The number of nitrogens with zero attached hydrogens (tertiary/aromatic N) is 1. The lowest BCUT2D eigenvalue weighted by Crippen LogP contribution is -2.13. The van der Waals surface area contributed by atoms with Crippen molar-refractivity contribution >= 4 is 10.9 Å². The molecule has 1 unspecified atom stereocenters. The number of aryl methyl sites for hydroxylation is 2. The number of rotatable bonds is 2. The second-order valence-corrected chi connectivity index (χ2v) is 7.13. The molecule has 1 fully saturated rings. The fraction of sp³-hybridized carbons (Fsp3) is 0.600. The molecule has 4 rings (SSSR count). The van der Waals surface area contributed by atoms with E-state index in [9.17, 15) is 5.11 Å². The van der Waals surface area contributed by atoms with Crippen molar-refractivity contribution in [3.63, 3.8) is 0 Å². The molecule has 2 nitrogen and oxygen atoms in total. The monoisotopic (exact) mass is 297 g/mol. The van der Waals surface area contributed by atoms with Crippen molar-refractivity contribution in [1.82, 2.24) is 4.57 Å². The number of hydrogen-bond acceptors (Lipinski definition) is 1. The Morgan fingerprint density at radius 1 is 1.09 bits per heavy atom. The van der Waals surface area contributed by atoms with Crippen LogP contribution in [0.2, 0.25) is 0 Å². The normalized spacial score (nSPS) is 22.9. The minimum Gasteiger partial charge on any atom is -0.387 e. The van der Waals surface area contributed by atoms with E-state index in [1.54, 1.807) is 0 Å². The van der Waals surface area contributed by atoms with Gasteiger partial charge in [-0.25, -0.2) is 0 Å². The van der Waals surface area contributed by atoms with Crippen molar-refractivity contribution in [2.75, 3.05) is 0 Å². The number of aliphatic hydroxyl groups is 1. The molecule has 2 aromatic rings. The van der Waals surface area contributed by atoms with Gasteiger partial charge in [0, 0.05) is 17.4 Å². The van der Waals surface area contributed by atoms with Gasteiger partial charge in [0.2, 0.25) is 0 Å². The largest absolute Gasteiger partial charge is 0.387 e. The van der Waals surface area contributed by atoms with Crippen molar-refractivity contribution < 1.29 is 5.11 Å². The summed E-state index contributed by atoms with van der Waals surface area (Å²) < 4.78 is 2.35. The number of aromatic nitrogens is 1. The molecule has 118 valence electrons. The highest BCUT2D eigenvalue weighted by molar-refractivity contribution is 5.87.